The molecule has 1 N–H and O–H groups in total. The molecule has 1 aliphatic heterocycles. The van der Waals surface area contributed by atoms with Crippen LogP contribution in [0.15, 0.2) is 60.7 Å². The van der Waals surface area contributed by atoms with Gasteiger partial charge in [-0.1, -0.05) is 81.4 Å². The Labute approximate surface area is 243 Å². The minimum atomic E-state index is -1.39. The summed E-state index contributed by atoms with van der Waals surface area (Å²) in [5.74, 6) is -3.24. The number of hydrogen-bond donors (Lipinski definition) is 1. The van der Waals surface area contributed by atoms with E-state index in [-0.39, 0.29) is 38.3 Å². The molecule has 9 heteroatoms. The van der Waals surface area contributed by atoms with Crippen molar-refractivity contribution in [1.82, 2.24) is 5.48 Å². The van der Waals surface area contributed by atoms with Gasteiger partial charge in [0.25, 0.3) is 5.91 Å². The highest BCUT2D eigenvalue weighted by atomic mass is 28.2. The van der Waals surface area contributed by atoms with E-state index in [4.69, 9.17) is 14.0 Å². The van der Waals surface area contributed by atoms with Gasteiger partial charge in [0.05, 0.1) is 30.6 Å². The number of halogens is 2. The molecule has 0 bridgehead atoms. The highest BCUT2D eigenvalue weighted by molar-refractivity contribution is 6.32. The van der Waals surface area contributed by atoms with E-state index in [9.17, 15) is 4.79 Å². The quantitative estimate of drug-likeness (QED) is 0.192. The third-order valence-corrected chi connectivity index (χ3v) is 8.01. The largest absolute Gasteiger partial charge is 0.400 e. The van der Waals surface area contributed by atoms with Crippen molar-refractivity contribution in [2.75, 3.05) is 25.1 Å². The molecule has 2 atom stereocenters. The molecule has 2 radical (unpaired) electrons. The Morgan fingerprint density at radius 3 is 1.93 bits per heavy atom. The maximum atomic E-state index is 16.6. The standard InChI is InChI=1S/C32H38F2N2O4Si/c1-20-18-36(19-21(2)39-20)29-26(22(3)25(27(33)28(29)34)30(37)35-38-7)32(40-41-31(4,5)6,23-14-10-8-11-15-23)24-16-12-9-13-17-24/h8-17,20-21H,18-19H2,1-7H3,(H,35,37). The number of morpholine rings is 1. The van der Waals surface area contributed by atoms with Gasteiger partial charge in [0.2, 0.25) is 9.76 Å². The number of amides is 1. The first-order valence-electron chi connectivity index (χ1n) is 13.7. The fraction of sp³-hybridized carbons (Fsp3) is 0.406. The van der Waals surface area contributed by atoms with Crippen molar-refractivity contribution in [3.63, 3.8) is 0 Å². The van der Waals surface area contributed by atoms with Gasteiger partial charge in [0.1, 0.15) is 5.60 Å². The first-order valence-corrected chi connectivity index (χ1v) is 14.6. The summed E-state index contributed by atoms with van der Waals surface area (Å²) in [6, 6.07) is 19.0. The first kappa shape index (κ1) is 30.8. The molecule has 1 fully saturated rings. The van der Waals surface area contributed by atoms with E-state index < -0.39 is 28.7 Å². The van der Waals surface area contributed by atoms with E-state index in [0.29, 0.717) is 18.7 Å². The summed E-state index contributed by atoms with van der Waals surface area (Å²) in [6.07, 6.45) is -0.461. The van der Waals surface area contributed by atoms with E-state index in [2.05, 4.69) is 26.3 Å². The zero-order valence-corrected chi connectivity index (χ0v) is 25.7. The lowest BCUT2D eigenvalue weighted by molar-refractivity contribution is -0.00569. The molecule has 0 spiro atoms. The maximum Gasteiger partial charge on any atom is 0.278 e. The molecule has 3 aromatic rings. The number of carbonyl (C=O) groups is 1. The highest BCUT2D eigenvalue weighted by Gasteiger charge is 2.46. The summed E-state index contributed by atoms with van der Waals surface area (Å²) in [6.45, 7) is 12.3. The van der Waals surface area contributed by atoms with Crippen molar-refractivity contribution in [3.8, 4) is 0 Å². The summed E-state index contributed by atoms with van der Waals surface area (Å²) >= 11 is 0. The third-order valence-electron chi connectivity index (χ3n) is 6.99. The van der Waals surface area contributed by atoms with Crippen LogP contribution in [0.3, 0.4) is 0 Å². The molecule has 0 aliphatic carbocycles. The Balaban J connectivity index is 2.20. The van der Waals surface area contributed by atoms with E-state index in [1.807, 2.05) is 79.4 Å². The molecule has 218 valence electrons. The molecule has 1 aliphatic rings. The van der Waals surface area contributed by atoms with Gasteiger partial charge in [0.15, 0.2) is 11.6 Å². The Hall–Kier alpha value is -3.11. The van der Waals surface area contributed by atoms with Crippen LogP contribution in [0, 0.1) is 18.6 Å². The average Bonchev–Trinajstić information content (AvgIpc) is 2.92. The molecule has 1 heterocycles. The minimum absolute atomic E-state index is 0.0375. The van der Waals surface area contributed by atoms with Crippen LogP contribution in [-0.4, -0.2) is 48.1 Å². The molecule has 2 unspecified atom stereocenters. The Morgan fingerprint density at radius 1 is 0.951 bits per heavy atom. The average molecular weight is 581 g/mol. The van der Waals surface area contributed by atoms with Crippen LogP contribution in [0.25, 0.3) is 0 Å². The van der Waals surface area contributed by atoms with Crippen molar-refractivity contribution in [2.45, 2.75) is 64.4 Å². The number of carbonyl (C=O) groups excluding carboxylic acids is 1. The second-order valence-corrected chi connectivity index (χ2v) is 13.4. The van der Waals surface area contributed by atoms with Crippen molar-refractivity contribution >= 4 is 21.4 Å². The molecular formula is C32H38F2N2O4Si. The predicted octanol–water partition coefficient (Wildman–Crippen LogP) is 6.32. The van der Waals surface area contributed by atoms with Crippen molar-refractivity contribution < 1.29 is 27.6 Å². The monoisotopic (exact) mass is 580 g/mol. The molecule has 0 saturated carbocycles. The number of rotatable bonds is 8. The molecule has 1 amide bonds. The molecule has 41 heavy (non-hydrogen) atoms. The van der Waals surface area contributed by atoms with Crippen molar-refractivity contribution in [2.24, 2.45) is 0 Å². The number of nitrogens with one attached hydrogen (secondary N) is 1. The molecule has 4 rings (SSSR count). The van der Waals surface area contributed by atoms with E-state index in [1.165, 1.54) is 7.11 Å². The lowest BCUT2D eigenvalue weighted by Crippen LogP contribution is -2.48. The van der Waals surface area contributed by atoms with Gasteiger partial charge in [-0.15, -0.1) is 0 Å². The van der Waals surface area contributed by atoms with E-state index >= 15 is 8.78 Å². The second kappa shape index (κ2) is 12.4. The van der Waals surface area contributed by atoms with Gasteiger partial charge in [-0.05, 0) is 42.5 Å². The first-order chi connectivity index (χ1) is 19.4. The van der Waals surface area contributed by atoms with E-state index in [1.54, 1.807) is 6.92 Å². The van der Waals surface area contributed by atoms with Crippen molar-refractivity contribution in [3.05, 3.63) is 100 Å². The molecule has 1 saturated heterocycles. The second-order valence-electron chi connectivity index (χ2n) is 11.5. The zero-order chi connectivity index (χ0) is 29.9. The predicted molar refractivity (Wildman–Crippen MR) is 157 cm³/mol. The normalized spacial score (nSPS) is 17.9. The van der Waals surface area contributed by atoms with E-state index in [0.717, 1.165) is 11.1 Å². The van der Waals surface area contributed by atoms with Crippen LogP contribution in [0.5, 0.6) is 0 Å². The van der Waals surface area contributed by atoms with Gasteiger partial charge >= 0.3 is 0 Å². The summed E-state index contributed by atoms with van der Waals surface area (Å²) in [5, 5.41) is -0.250. The highest BCUT2D eigenvalue weighted by Crippen LogP contribution is 2.49. The number of nitrogens with zero attached hydrogens (tertiary/aromatic N) is 1. The summed E-state index contributed by atoms with van der Waals surface area (Å²) in [4.78, 5) is 19.8. The fourth-order valence-corrected chi connectivity index (χ4v) is 6.29. The van der Waals surface area contributed by atoms with Crippen LogP contribution in [0.4, 0.5) is 14.5 Å². The topological polar surface area (TPSA) is 60.0 Å². The van der Waals surface area contributed by atoms with Crippen molar-refractivity contribution in [1.29, 1.82) is 0 Å². The van der Waals surface area contributed by atoms with Gasteiger partial charge < -0.3 is 14.1 Å². The molecule has 6 nitrogen and oxygen atoms in total. The Morgan fingerprint density at radius 2 is 1.46 bits per heavy atom. The number of ether oxygens (including phenoxy) is 1. The van der Waals surface area contributed by atoms with Crippen LogP contribution in [0.1, 0.15) is 67.2 Å². The Kier molecular flexibility index (Phi) is 9.33. The Bertz CT molecular complexity index is 1320. The van der Waals surface area contributed by atoms with Gasteiger partial charge in [0, 0.05) is 18.7 Å². The van der Waals surface area contributed by atoms with Gasteiger partial charge in [-0.3, -0.25) is 9.63 Å². The number of hydrogen-bond acceptors (Lipinski definition) is 5. The van der Waals surface area contributed by atoms with Crippen LogP contribution < -0.4 is 10.4 Å². The van der Waals surface area contributed by atoms with Gasteiger partial charge in [-0.2, -0.15) is 0 Å². The molecule has 3 aromatic carbocycles. The summed E-state index contributed by atoms with van der Waals surface area (Å²) < 4.78 is 45.6. The fourth-order valence-electron chi connectivity index (χ4n) is 5.49. The summed E-state index contributed by atoms with van der Waals surface area (Å²) in [7, 11) is 1.21. The van der Waals surface area contributed by atoms with Crippen LogP contribution in [-0.2, 0) is 19.6 Å². The third kappa shape index (κ3) is 6.23. The maximum absolute atomic E-state index is 16.6. The summed E-state index contributed by atoms with van der Waals surface area (Å²) in [5.41, 5.74) is 2.49. The minimum Gasteiger partial charge on any atom is -0.400 e. The number of benzene rings is 3. The SMILES string of the molecule is CONC(=O)c1c(C)c(C(O[Si]C(C)(C)C)(c2ccccc2)c2ccccc2)c(N2CC(C)OC(C)C2)c(F)c1F. The molecular weight excluding hydrogens is 542 g/mol. The number of hydroxylamine groups is 1. The van der Waals surface area contributed by atoms with Gasteiger partial charge in [-0.25, -0.2) is 14.3 Å². The smallest absolute Gasteiger partial charge is 0.278 e. The van der Waals surface area contributed by atoms with Crippen LogP contribution >= 0.6 is 0 Å². The molecule has 0 aromatic heterocycles. The number of anilines is 1. The lowest BCUT2D eigenvalue weighted by Gasteiger charge is -2.44. The zero-order valence-electron chi connectivity index (χ0n) is 24.7. The lowest BCUT2D eigenvalue weighted by atomic mass is 9.76. The van der Waals surface area contributed by atoms with Crippen LogP contribution in [0.2, 0.25) is 5.04 Å².